The average Bonchev–Trinajstić information content (AvgIpc) is 2.65. The van der Waals surface area contributed by atoms with Gasteiger partial charge in [0.2, 0.25) is 0 Å². The Hall–Kier alpha value is -1.20. The highest BCUT2D eigenvalue weighted by molar-refractivity contribution is 9.10. The zero-order valence-electron chi connectivity index (χ0n) is 10.2. The van der Waals surface area contributed by atoms with Crippen molar-refractivity contribution in [1.29, 1.82) is 0 Å². The molecule has 0 unspecified atom stereocenters. The smallest absolute Gasteiger partial charge is 0.0969 e. The van der Waals surface area contributed by atoms with E-state index in [-0.39, 0.29) is 0 Å². The second kappa shape index (κ2) is 4.98. The Morgan fingerprint density at radius 1 is 1.35 bits per heavy atom. The van der Waals surface area contributed by atoms with Gasteiger partial charge in [0.1, 0.15) is 0 Å². The summed E-state index contributed by atoms with van der Waals surface area (Å²) in [6.45, 7) is 4.88. The van der Waals surface area contributed by atoms with Crippen LogP contribution in [0.25, 0.3) is 5.69 Å². The van der Waals surface area contributed by atoms with Gasteiger partial charge in [-0.3, -0.25) is 0 Å². The lowest BCUT2D eigenvalue weighted by molar-refractivity contribution is 0.764. The van der Waals surface area contributed by atoms with E-state index in [1.54, 1.807) is 0 Å². The van der Waals surface area contributed by atoms with E-state index in [9.17, 15) is 0 Å². The molecule has 0 bridgehead atoms. The van der Waals surface area contributed by atoms with E-state index in [4.69, 9.17) is 0 Å². The number of aromatic nitrogens is 3. The summed E-state index contributed by atoms with van der Waals surface area (Å²) in [4.78, 5) is 0. The van der Waals surface area contributed by atoms with Crippen molar-refractivity contribution in [2.24, 2.45) is 0 Å². The first-order chi connectivity index (χ1) is 8.11. The molecule has 4 nitrogen and oxygen atoms in total. The predicted molar refractivity (Wildman–Crippen MR) is 71.3 cm³/mol. The van der Waals surface area contributed by atoms with Gasteiger partial charge in [0.05, 0.1) is 17.6 Å². The number of benzene rings is 1. The molecule has 0 saturated carbocycles. The summed E-state index contributed by atoms with van der Waals surface area (Å²) in [7, 11) is 1.89. The zero-order valence-corrected chi connectivity index (χ0v) is 11.7. The zero-order chi connectivity index (χ0) is 12.4. The summed E-state index contributed by atoms with van der Waals surface area (Å²) in [6.07, 6.45) is 1.94. The first-order valence-electron chi connectivity index (χ1n) is 5.44. The largest absolute Gasteiger partial charge is 0.314 e. The monoisotopic (exact) mass is 294 g/mol. The molecule has 2 rings (SSSR count). The van der Waals surface area contributed by atoms with E-state index >= 15 is 0 Å². The van der Waals surface area contributed by atoms with Gasteiger partial charge < -0.3 is 5.32 Å². The van der Waals surface area contributed by atoms with Crippen LogP contribution in [0.1, 0.15) is 16.8 Å². The minimum Gasteiger partial charge on any atom is -0.314 e. The van der Waals surface area contributed by atoms with Gasteiger partial charge >= 0.3 is 0 Å². The van der Waals surface area contributed by atoms with Crippen molar-refractivity contribution >= 4 is 15.9 Å². The molecule has 90 valence electrons. The third kappa shape index (κ3) is 2.56. The van der Waals surface area contributed by atoms with Crippen LogP contribution in [0.15, 0.2) is 22.8 Å². The van der Waals surface area contributed by atoms with Crippen LogP contribution in [-0.4, -0.2) is 22.0 Å². The van der Waals surface area contributed by atoms with Gasteiger partial charge in [0, 0.05) is 11.0 Å². The number of rotatable bonds is 3. The predicted octanol–water partition coefficient (Wildman–Crippen LogP) is 2.37. The van der Waals surface area contributed by atoms with Crippen LogP contribution >= 0.6 is 15.9 Å². The molecule has 1 aromatic heterocycles. The SMILES string of the molecule is CNCc1cn(-c2c(C)cc(C)cc2Br)nn1. The number of nitrogens with zero attached hydrogens (tertiary/aromatic N) is 3. The second-order valence-corrected chi connectivity index (χ2v) is 4.95. The quantitative estimate of drug-likeness (QED) is 0.945. The van der Waals surface area contributed by atoms with Gasteiger partial charge in [0.15, 0.2) is 0 Å². The van der Waals surface area contributed by atoms with E-state index in [0.717, 1.165) is 22.4 Å². The standard InChI is InChI=1S/C12H15BrN4/c1-8-4-9(2)12(11(13)5-8)17-7-10(6-14-3)15-16-17/h4-5,7,14H,6H2,1-3H3. The lowest BCUT2D eigenvalue weighted by Crippen LogP contribution is -2.05. The Bertz CT molecular complexity index is 510. The maximum Gasteiger partial charge on any atom is 0.0969 e. The van der Waals surface area contributed by atoms with Gasteiger partial charge in [-0.15, -0.1) is 5.10 Å². The Morgan fingerprint density at radius 2 is 2.12 bits per heavy atom. The van der Waals surface area contributed by atoms with Crippen LogP contribution in [0, 0.1) is 13.8 Å². The van der Waals surface area contributed by atoms with Crippen molar-refractivity contribution in [1.82, 2.24) is 20.3 Å². The Labute approximate surface area is 109 Å². The molecule has 1 N–H and O–H groups in total. The van der Waals surface area contributed by atoms with E-state index in [1.165, 1.54) is 11.1 Å². The second-order valence-electron chi connectivity index (χ2n) is 4.10. The van der Waals surface area contributed by atoms with Gasteiger partial charge in [-0.2, -0.15) is 0 Å². The average molecular weight is 295 g/mol. The molecule has 2 aromatic rings. The fraction of sp³-hybridized carbons (Fsp3) is 0.333. The Kier molecular flexibility index (Phi) is 3.59. The van der Waals surface area contributed by atoms with Crippen LogP contribution in [-0.2, 0) is 6.54 Å². The van der Waals surface area contributed by atoms with Crippen molar-refractivity contribution in [3.8, 4) is 5.69 Å². The van der Waals surface area contributed by atoms with Crippen molar-refractivity contribution in [3.63, 3.8) is 0 Å². The molecule has 0 fully saturated rings. The minimum absolute atomic E-state index is 0.725. The van der Waals surface area contributed by atoms with Crippen molar-refractivity contribution in [3.05, 3.63) is 39.6 Å². The molecule has 0 radical (unpaired) electrons. The molecule has 0 aliphatic heterocycles. The maximum absolute atomic E-state index is 4.15. The van der Waals surface area contributed by atoms with Gasteiger partial charge in [-0.1, -0.05) is 11.3 Å². The molecule has 1 heterocycles. The number of hydrogen-bond donors (Lipinski definition) is 1. The summed E-state index contributed by atoms with van der Waals surface area (Å²) < 4.78 is 2.85. The van der Waals surface area contributed by atoms with Crippen LogP contribution in [0.4, 0.5) is 0 Å². The molecule has 0 amide bonds. The Morgan fingerprint density at radius 3 is 2.76 bits per heavy atom. The number of halogens is 1. The first-order valence-corrected chi connectivity index (χ1v) is 6.24. The van der Waals surface area contributed by atoms with Gasteiger partial charge in [-0.05, 0) is 54.0 Å². The van der Waals surface area contributed by atoms with Crippen LogP contribution < -0.4 is 5.32 Å². The van der Waals surface area contributed by atoms with E-state index in [1.807, 2.05) is 17.9 Å². The van der Waals surface area contributed by atoms with Crippen molar-refractivity contribution in [2.75, 3.05) is 7.05 Å². The third-order valence-corrected chi connectivity index (χ3v) is 3.13. The molecule has 0 atom stereocenters. The highest BCUT2D eigenvalue weighted by Crippen LogP contribution is 2.25. The summed E-state index contributed by atoms with van der Waals surface area (Å²) in [6, 6.07) is 4.22. The fourth-order valence-electron chi connectivity index (χ4n) is 1.87. The molecule has 17 heavy (non-hydrogen) atoms. The van der Waals surface area contributed by atoms with Crippen molar-refractivity contribution < 1.29 is 0 Å². The van der Waals surface area contributed by atoms with Gasteiger partial charge in [-0.25, -0.2) is 4.68 Å². The highest BCUT2D eigenvalue weighted by atomic mass is 79.9. The van der Waals surface area contributed by atoms with Crippen LogP contribution in [0.2, 0.25) is 0 Å². The topological polar surface area (TPSA) is 42.7 Å². The molecule has 0 aliphatic rings. The normalized spacial score (nSPS) is 10.8. The number of nitrogens with one attached hydrogen (secondary N) is 1. The molecular weight excluding hydrogens is 280 g/mol. The lowest BCUT2D eigenvalue weighted by atomic mass is 10.1. The van der Waals surface area contributed by atoms with E-state index in [2.05, 4.69) is 57.5 Å². The highest BCUT2D eigenvalue weighted by Gasteiger charge is 2.09. The maximum atomic E-state index is 4.15. The summed E-state index contributed by atoms with van der Waals surface area (Å²) in [5, 5.41) is 11.3. The molecule has 0 aliphatic carbocycles. The summed E-state index contributed by atoms with van der Waals surface area (Å²) in [5.41, 5.74) is 4.39. The molecule has 1 aromatic carbocycles. The van der Waals surface area contributed by atoms with Crippen molar-refractivity contribution in [2.45, 2.75) is 20.4 Å². The number of aryl methyl sites for hydroxylation is 2. The number of hydrogen-bond acceptors (Lipinski definition) is 3. The fourth-order valence-corrected chi connectivity index (χ4v) is 2.72. The summed E-state index contributed by atoms with van der Waals surface area (Å²) in [5.74, 6) is 0. The first kappa shape index (κ1) is 12.3. The molecular formula is C12H15BrN4. The minimum atomic E-state index is 0.725. The van der Waals surface area contributed by atoms with E-state index in [0.29, 0.717) is 0 Å². The molecule has 5 heteroatoms. The Balaban J connectivity index is 2.45. The van der Waals surface area contributed by atoms with Crippen LogP contribution in [0.5, 0.6) is 0 Å². The van der Waals surface area contributed by atoms with E-state index < -0.39 is 0 Å². The lowest BCUT2D eigenvalue weighted by Gasteiger charge is -2.08. The van der Waals surface area contributed by atoms with Gasteiger partial charge in [0.25, 0.3) is 0 Å². The third-order valence-electron chi connectivity index (χ3n) is 2.53. The summed E-state index contributed by atoms with van der Waals surface area (Å²) >= 11 is 3.58. The molecule has 0 spiro atoms. The molecule has 0 saturated heterocycles. The van der Waals surface area contributed by atoms with Crippen LogP contribution in [0.3, 0.4) is 0 Å².